The van der Waals surface area contributed by atoms with Crippen molar-refractivity contribution in [3.8, 4) is 5.75 Å². The number of carbonyl (C=O) groups excluding carboxylic acids is 2. The van der Waals surface area contributed by atoms with E-state index in [1.165, 1.54) is 38.3 Å². The normalized spacial score (nSPS) is 14.7. The molecule has 2 aliphatic heterocycles. The summed E-state index contributed by atoms with van der Waals surface area (Å²) in [5.74, 6) is 1.49. The number of hydrogen-bond acceptors (Lipinski definition) is 14. The number of rotatable bonds is 10. The molecule has 8 rings (SSSR count). The number of halogens is 2. The Morgan fingerprint density at radius 3 is 1.53 bits per heavy atom. The molecule has 4 heterocycles. The van der Waals surface area contributed by atoms with Crippen molar-refractivity contribution in [3.63, 3.8) is 0 Å². The Morgan fingerprint density at radius 1 is 0.672 bits per heavy atom. The molecule has 2 aliphatic carbocycles. The minimum atomic E-state index is 0.0492. The van der Waals surface area contributed by atoms with Crippen LogP contribution in [0.4, 0.5) is 29.0 Å². The van der Waals surface area contributed by atoms with Crippen LogP contribution in [0.25, 0.3) is 0 Å². The van der Waals surface area contributed by atoms with E-state index >= 15 is 0 Å². The Bertz CT molecular complexity index is 1980. The second kappa shape index (κ2) is 27.6. The summed E-state index contributed by atoms with van der Waals surface area (Å²) in [7, 11) is 0. The first-order chi connectivity index (χ1) is 30.4. The lowest BCUT2D eigenvalue weighted by molar-refractivity contribution is -0.117. The predicted molar refractivity (Wildman–Crippen MR) is 261 cm³/mol. The molecule has 0 spiro atoms. The van der Waals surface area contributed by atoms with Gasteiger partial charge in [0.2, 0.25) is 34.3 Å². The maximum absolute atomic E-state index is 11.4. The van der Waals surface area contributed by atoms with Gasteiger partial charge in [-0.05, 0) is 178 Å². The van der Waals surface area contributed by atoms with Crippen LogP contribution in [0, 0.1) is 0 Å². The molecule has 2 aromatic carbocycles. The van der Waals surface area contributed by atoms with E-state index < -0.39 is 0 Å². The molecule has 2 saturated carbocycles. The van der Waals surface area contributed by atoms with Crippen LogP contribution in [-0.4, -0.2) is 106 Å². The molecule has 16 nitrogen and oxygen atoms in total. The molecule has 0 bridgehead atoms. The number of hydrogen-bond donors (Lipinski definition) is 6. The first kappa shape index (κ1) is 53.6. The maximum atomic E-state index is 11.4. The number of phenols is 1. The standard InChI is InChI=1S/C15H16N6O.C9H9NO2.2C8H19N.C3HCl2N3.C3H7N/c22-13-6-1-9-7-11(4-5-12(9)20-13)19-15-17-8-16-14(21-15)18-10-2-3-10;11-7-2-3-8-6(5-7)1-4-9(12)10-8;2*1-6-9(7(2)3)8(4)5;4-2-6-1-7-3(5)8-2;4-3-1-2-3/h4-5,7-8,10H,1-3,6H2,(H,20,22)(H2,16,17,18,19,21);2-3,5,11H,1,4H2,(H,10,12);2*7-8H,6H2,1-5H3;1H;3H,1-2,4H2. The van der Waals surface area contributed by atoms with Crippen molar-refractivity contribution < 1.29 is 14.7 Å². The van der Waals surface area contributed by atoms with Crippen molar-refractivity contribution in [3.05, 3.63) is 70.7 Å². The van der Waals surface area contributed by atoms with E-state index in [-0.39, 0.29) is 28.1 Å². The number of fused-ring (bicyclic) bond motifs is 2. The van der Waals surface area contributed by atoms with Gasteiger partial charge < -0.3 is 32.1 Å². The lowest BCUT2D eigenvalue weighted by Crippen LogP contribution is -2.36. The number of anilines is 5. The Hall–Kier alpha value is -4.74. The van der Waals surface area contributed by atoms with Crippen molar-refractivity contribution in [2.75, 3.05) is 34.4 Å². The Morgan fingerprint density at radius 2 is 1.12 bits per heavy atom. The SMILES string of the molecule is CCN(C(C)C)C(C)C.CCN(C(C)C)C(C)C.Clc1ncnc(Cl)n1.NC1CC1.O=C1CCc2cc(Nc3ncnc(NC4CC4)n3)ccc2N1.O=C1CCc2cc(O)ccc2N1. The van der Waals surface area contributed by atoms with Gasteiger partial charge in [0, 0.05) is 66.2 Å². The molecule has 64 heavy (non-hydrogen) atoms. The molecule has 352 valence electrons. The van der Waals surface area contributed by atoms with Crippen LogP contribution >= 0.6 is 23.2 Å². The smallest absolute Gasteiger partial charge is 0.231 e. The highest BCUT2D eigenvalue weighted by atomic mass is 35.5. The molecule has 0 radical (unpaired) electrons. The van der Waals surface area contributed by atoms with Gasteiger partial charge in [-0.2, -0.15) is 9.97 Å². The van der Waals surface area contributed by atoms with Crippen molar-refractivity contribution >= 4 is 64.0 Å². The van der Waals surface area contributed by atoms with E-state index in [2.05, 4.69) is 130 Å². The maximum Gasteiger partial charge on any atom is 0.231 e. The number of aromatic nitrogens is 6. The Kier molecular flexibility index (Phi) is 23.1. The van der Waals surface area contributed by atoms with E-state index in [1.54, 1.807) is 18.2 Å². The van der Waals surface area contributed by atoms with Crippen LogP contribution in [0.15, 0.2) is 49.1 Å². The molecule has 4 aromatic rings. The summed E-state index contributed by atoms with van der Waals surface area (Å²) in [6.45, 7) is 24.7. The number of nitrogens with one attached hydrogen (secondary N) is 4. The molecule has 0 unspecified atom stereocenters. The highest BCUT2D eigenvalue weighted by Crippen LogP contribution is 2.28. The van der Waals surface area contributed by atoms with E-state index in [1.807, 2.05) is 18.2 Å². The van der Waals surface area contributed by atoms with Gasteiger partial charge in [0.25, 0.3) is 0 Å². The second-order valence-electron chi connectivity index (χ2n) is 16.9. The number of nitrogens with two attached hydrogens (primary N) is 1. The van der Waals surface area contributed by atoms with Crippen molar-refractivity contribution in [1.29, 1.82) is 0 Å². The van der Waals surface area contributed by atoms with Gasteiger partial charge >= 0.3 is 0 Å². The Balaban J connectivity index is 0.000000222. The van der Waals surface area contributed by atoms with E-state index in [4.69, 9.17) is 34.0 Å². The van der Waals surface area contributed by atoms with Gasteiger partial charge in [-0.1, -0.05) is 13.8 Å². The minimum Gasteiger partial charge on any atom is -0.508 e. The third-order valence-corrected chi connectivity index (χ3v) is 10.6. The first-order valence-corrected chi connectivity index (χ1v) is 23.2. The first-order valence-electron chi connectivity index (χ1n) is 22.4. The van der Waals surface area contributed by atoms with Crippen molar-refractivity contribution in [2.45, 2.75) is 157 Å². The zero-order valence-corrected chi connectivity index (χ0v) is 40.8. The third-order valence-electron chi connectivity index (χ3n) is 10.2. The second-order valence-corrected chi connectivity index (χ2v) is 17.6. The van der Waals surface area contributed by atoms with Gasteiger partial charge in [0.05, 0.1) is 0 Å². The van der Waals surface area contributed by atoms with Crippen LogP contribution in [0.3, 0.4) is 0 Å². The van der Waals surface area contributed by atoms with Gasteiger partial charge in [0.15, 0.2) is 0 Å². The molecule has 2 aromatic heterocycles. The molecule has 4 aliphatic rings. The summed E-state index contributed by atoms with van der Waals surface area (Å²) < 4.78 is 0. The molecule has 2 amide bonds. The summed E-state index contributed by atoms with van der Waals surface area (Å²) in [4.78, 5) is 50.3. The topological polar surface area (TPSA) is 212 Å². The van der Waals surface area contributed by atoms with E-state index in [0.29, 0.717) is 61.0 Å². The summed E-state index contributed by atoms with van der Waals surface area (Å²) in [6.07, 6.45) is 10.1. The van der Waals surface area contributed by atoms with Gasteiger partial charge in [-0.3, -0.25) is 19.4 Å². The molecule has 0 saturated heterocycles. The van der Waals surface area contributed by atoms with Gasteiger partial charge in [0.1, 0.15) is 18.4 Å². The monoisotopic (exact) mass is 924 g/mol. The van der Waals surface area contributed by atoms with Crippen LogP contribution < -0.4 is 27.0 Å². The summed E-state index contributed by atoms with van der Waals surface area (Å²) in [6, 6.07) is 14.7. The average molecular weight is 925 g/mol. The molecule has 2 fully saturated rings. The number of aromatic hydroxyl groups is 1. The zero-order valence-electron chi connectivity index (χ0n) is 39.3. The largest absolute Gasteiger partial charge is 0.508 e. The predicted octanol–water partition coefficient (Wildman–Crippen LogP) is 8.89. The number of benzene rings is 2. The summed E-state index contributed by atoms with van der Waals surface area (Å²) in [5.41, 5.74) is 9.96. The number of nitrogens with zero attached hydrogens (tertiary/aromatic N) is 8. The van der Waals surface area contributed by atoms with Crippen LogP contribution in [0.1, 0.15) is 119 Å². The fourth-order valence-electron chi connectivity index (χ4n) is 6.80. The number of amides is 2. The number of aryl methyl sites for hydroxylation is 2. The van der Waals surface area contributed by atoms with Crippen LogP contribution in [0.2, 0.25) is 10.6 Å². The van der Waals surface area contributed by atoms with Crippen molar-refractivity contribution in [2.24, 2.45) is 5.73 Å². The third kappa shape index (κ3) is 20.8. The molecule has 18 heteroatoms. The molecular weight excluding hydrogens is 853 g/mol. The van der Waals surface area contributed by atoms with Crippen LogP contribution in [-0.2, 0) is 22.4 Å². The fourth-order valence-corrected chi connectivity index (χ4v) is 7.09. The van der Waals surface area contributed by atoms with Crippen molar-refractivity contribution in [1.82, 2.24) is 39.7 Å². The van der Waals surface area contributed by atoms with Crippen LogP contribution in [0.5, 0.6) is 5.75 Å². The van der Waals surface area contributed by atoms with E-state index in [9.17, 15) is 9.59 Å². The molecule has 0 atom stereocenters. The van der Waals surface area contributed by atoms with Gasteiger partial charge in [-0.25, -0.2) is 19.9 Å². The fraction of sp³-hybridized carbons (Fsp3) is 0.565. The zero-order chi connectivity index (χ0) is 47.3. The summed E-state index contributed by atoms with van der Waals surface area (Å²) in [5, 5.41) is 21.4. The van der Waals surface area contributed by atoms with Gasteiger partial charge in [-0.15, -0.1) is 0 Å². The molecular formula is C46H71Cl2N13O3. The average Bonchev–Trinajstić information content (AvgIpc) is 4.18. The highest BCUT2D eigenvalue weighted by molar-refractivity contribution is 6.30. The molecule has 7 N–H and O–H groups in total. The summed E-state index contributed by atoms with van der Waals surface area (Å²) >= 11 is 10.6. The minimum absolute atomic E-state index is 0.0492. The van der Waals surface area contributed by atoms with E-state index in [0.717, 1.165) is 54.1 Å². The highest BCUT2D eigenvalue weighted by Gasteiger charge is 2.22. The Labute approximate surface area is 390 Å². The lowest BCUT2D eigenvalue weighted by atomic mass is 10.0. The number of carbonyl (C=O) groups is 2. The lowest BCUT2D eigenvalue weighted by Gasteiger charge is -2.28. The quantitative estimate of drug-likeness (QED) is 0.0821. The number of phenolic OH excluding ortho intramolecular Hbond substituents is 1.